The largest absolute Gasteiger partial charge is 0.493 e. The van der Waals surface area contributed by atoms with Crippen LogP contribution >= 0.6 is 34.2 Å². The van der Waals surface area contributed by atoms with Crippen LogP contribution in [0.4, 0.5) is 5.69 Å². The summed E-state index contributed by atoms with van der Waals surface area (Å²) in [6.45, 7) is 6.84. The Balaban J connectivity index is 2.18. The van der Waals surface area contributed by atoms with E-state index in [0.717, 1.165) is 36.9 Å². The minimum Gasteiger partial charge on any atom is -0.493 e. The molecule has 0 amide bonds. The van der Waals surface area contributed by atoms with Gasteiger partial charge in [-0.25, -0.2) is 0 Å². The highest BCUT2D eigenvalue weighted by atomic mass is 127. The molecule has 2 rings (SSSR count). The van der Waals surface area contributed by atoms with Crippen LogP contribution in [0, 0.1) is 10.5 Å². The molecule has 1 N–H and O–H groups in total. The van der Waals surface area contributed by atoms with Gasteiger partial charge in [-0.2, -0.15) is 0 Å². The number of aryl methyl sites for hydroxylation is 1. The Labute approximate surface area is 155 Å². The van der Waals surface area contributed by atoms with Crippen molar-refractivity contribution in [2.45, 2.75) is 13.5 Å². The minimum absolute atomic E-state index is 0.450. The molecule has 0 atom stereocenters. The summed E-state index contributed by atoms with van der Waals surface area (Å²) < 4.78 is 12.1. The van der Waals surface area contributed by atoms with Crippen molar-refractivity contribution in [2.75, 3.05) is 19.0 Å². The summed E-state index contributed by atoms with van der Waals surface area (Å²) in [7, 11) is 1.64. The van der Waals surface area contributed by atoms with Gasteiger partial charge in [0.05, 0.1) is 10.7 Å². The average molecular weight is 444 g/mol. The van der Waals surface area contributed by atoms with Gasteiger partial charge >= 0.3 is 0 Å². The number of methoxy groups -OCH3 is 1. The Morgan fingerprint density at radius 2 is 2.09 bits per heavy atom. The average Bonchev–Trinajstić information content (AvgIpc) is 2.54. The molecule has 0 unspecified atom stereocenters. The van der Waals surface area contributed by atoms with Crippen molar-refractivity contribution in [1.29, 1.82) is 0 Å². The molecular weight excluding hydrogens is 425 g/mol. The van der Waals surface area contributed by atoms with E-state index in [0.29, 0.717) is 13.2 Å². The number of ether oxygens (including phenoxy) is 2. The van der Waals surface area contributed by atoms with Gasteiger partial charge in [0, 0.05) is 17.3 Å². The lowest BCUT2D eigenvalue weighted by Crippen LogP contribution is -2.04. The molecule has 0 saturated carbocycles. The number of rotatable bonds is 7. The fraction of sp³-hybridized carbons (Fsp3) is 0.222. The van der Waals surface area contributed by atoms with E-state index < -0.39 is 0 Å². The maximum Gasteiger partial charge on any atom is 0.174 e. The normalized spacial score (nSPS) is 10.3. The Morgan fingerprint density at radius 1 is 1.30 bits per heavy atom. The van der Waals surface area contributed by atoms with Crippen LogP contribution < -0.4 is 14.8 Å². The molecule has 122 valence electrons. The lowest BCUT2D eigenvalue weighted by Gasteiger charge is -2.15. The van der Waals surface area contributed by atoms with Gasteiger partial charge in [-0.1, -0.05) is 30.3 Å². The van der Waals surface area contributed by atoms with Gasteiger partial charge in [-0.3, -0.25) is 0 Å². The second-order valence-electron chi connectivity index (χ2n) is 5.02. The maximum atomic E-state index is 6.05. The van der Waals surface area contributed by atoms with Crippen LogP contribution in [0.1, 0.15) is 11.1 Å². The molecule has 0 heterocycles. The molecule has 2 aromatic rings. The number of hydrogen-bond donors (Lipinski definition) is 1. The van der Waals surface area contributed by atoms with Crippen molar-refractivity contribution in [1.82, 2.24) is 0 Å². The third kappa shape index (κ3) is 4.78. The highest BCUT2D eigenvalue weighted by molar-refractivity contribution is 14.1. The molecule has 2 aromatic carbocycles. The van der Waals surface area contributed by atoms with Crippen LogP contribution in [0.2, 0.25) is 5.02 Å². The highest BCUT2D eigenvalue weighted by Crippen LogP contribution is 2.34. The van der Waals surface area contributed by atoms with Crippen molar-refractivity contribution in [3.8, 4) is 11.5 Å². The van der Waals surface area contributed by atoms with Crippen molar-refractivity contribution in [3.63, 3.8) is 0 Å². The van der Waals surface area contributed by atoms with Crippen LogP contribution in [0.25, 0.3) is 0 Å². The highest BCUT2D eigenvalue weighted by Gasteiger charge is 2.11. The van der Waals surface area contributed by atoms with Gasteiger partial charge < -0.3 is 14.8 Å². The Morgan fingerprint density at radius 3 is 2.78 bits per heavy atom. The van der Waals surface area contributed by atoms with Crippen LogP contribution in [-0.4, -0.2) is 13.7 Å². The zero-order valence-corrected chi connectivity index (χ0v) is 16.1. The first-order chi connectivity index (χ1) is 11.0. The molecule has 0 bridgehead atoms. The molecule has 0 fully saturated rings. The SMILES string of the molecule is C=CCOc1c(I)cc(CNc2cc(Cl)ccc2C)cc1OC. The van der Waals surface area contributed by atoms with E-state index in [1.165, 1.54) is 0 Å². The summed E-state index contributed by atoms with van der Waals surface area (Å²) in [4.78, 5) is 0. The number of anilines is 1. The molecule has 0 aliphatic carbocycles. The summed E-state index contributed by atoms with van der Waals surface area (Å²) >= 11 is 8.31. The van der Waals surface area contributed by atoms with Crippen LogP contribution in [0.3, 0.4) is 0 Å². The van der Waals surface area contributed by atoms with E-state index in [1.54, 1.807) is 13.2 Å². The number of nitrogens with one attached hydrogen (secondary N) is 1. The maximum absolute atomic E-state index is 6.05. The quantitative estimate of drug-likeness (QED) is 0.457. The predicted octanol–water partition coefficient (Wildman–Crippen LogP) is 5.44. The topological polar surface area (TPSA) is 30.5 Å². The first-order valence-corrected chi connectivity index (χ1v) is 8.61. The Kier molecular flexibility index (Phi) is 6.59. The van der Waals surface area contributed by atoms with E-state index in [9.17, 15) is 0 Å². The van der Waals surface area contributed by atoms with Crippen LogP contribution in [-0.2, 0) is 6.54 Å². The van der Waals surface area contributed by atoms with Crippen molar-refractivity contribution >= 4 is 39.9 Å². The molecule has 3 nitrogen and oxygen atoms in total. The van der Waals surface area contributed by atoms with E-state index in [-0.39, 0.29) is 0 Å². The van der Waals surface area contributed by atoms with E-state index in [2.05, 4.69) is 47.5 Å². The molecule has 0 aliphatic heterocycles. The predicted molar refractivity (Wildman–Crippen MR) is 105 cm³/mol. The molecule has 0 aromatic heterocycles. The van der Waals surface area contributed by atoms with Gasteiger partial charge in [-0.05, 0) is 64.9 Å². The van der Waals surface area contributed by atoms with Crippen molar-refractivity contribution in [2.24, 2.45) is 0 Å². The summed E-state index contributed by atoms with van der Waals surface area (Å²) in [6, 6.07) is 9.88. The fourth-order valence-electron chi connectivity index (χ4n) is 2.14. The van der Waals surface area contributed by atoms with Gasteiger partial charge in [0.1, 0.15) is 6.61 Å². The van der Waals surface area contributed by atoms with Crippen molar-refractivity contribution < 1.29 is 9.47 Å². The van der Waals surface area contributed by atoms with Gasteiger partial charge in [0.25, 0.3) is 0 Å². The first kappa shape index (κ1) is 17.9. The van der Waals surface area contributed by atoms with Gasteiger partial charge in [0.15, 0.2) is 11.5 Å². The van der Waals surface area contributed by atoms with Crippen molar-refractivity contribution in [3.05, 3.63) is 62.7 Å². The summed E-state index contributed by atoms with van der Waals surface area (Å²) in [6.07, 6.45) is 1.72. The monoisotopic (exact) mass is 443 g/mol. The summed E-state index contributed by atoms with van der Waals surface area (Å²) in [5, 5.41) is 4.13. The lowest BCUT2D eigenvalue weighted by molar-refractivity contribution is 0.324. The molecule has 0 spiro atoms. The fourth-order valence-corrected chi connectivity index (χ4v) is 3.13. The van der Waals surface area contributed by atoms with E-state index in [1.807, 2.05) is 24.3 Å². The molecule has 0 saturated heterocycles. The molecule has 0 radical (unpaired) electrons. The molecule has 23 heavy (non-hydrogen) atoms. The zero-order chi connectivity index (χ0) is 16.8. The summed E-state index contributed by atoms with van der Waals surface area (Å²) in [5.74, 6) is 1.47. The number of halogens is 2. The molecule has 5 heteroatoms. The van der Waals surface area contributed by atoms with Gasteiger partial charge in [-0.15, -0.1) is 0 Å². The smallest absolute Gasteiger partial charge is 0.174 e. The number of benzene rings is 2. The van der Waals surface area contributed by atoms with Gasteiger partial charge in [0.2, 0.25) is 0 Å². The lowest BCUT2D eigenvalue weighted by atomic mass is 10.1. The standard InChI is InChI=1S/C18H19ClINO2/c1-4-7-23-18-15(20)8-13(9-17(18)22-3)11-21-16-10-14(19)6-5-12(16)2/h4-6,8-10,21H,1,7,11H2,2-3H3. The Hall–Kier alpha value is -1.40. The minimum atomic E-state index is 0.450. The second-order valence-corrected chi connectivity index (χ2v) is 6.62. The third-order valence-corrected chi connectivity index (χ3v) is 4.35. The van der Waals surface area contributed by atoms with Crippen LogP contribution in [0.5, 0.6) is 11.5 Å². The van der Waals surface area contributed by atoms with Crippen LogP contribution in [0.15, 0.2) is 43.0 Å². The third-order valence-electron chi connectivity index (χ3n) is 3.32. The van der Waals surface area contributed by atoms with E-state index in [4.69, 9.17) is 21.1 Å². The zero-order valence-electron chi connectivity index (χ0n) is 13.2. The first-order valence-electron chi connectivity index (χ1n) is 7.15. The molecular formula is C18H19ClINO2. The molecule has 0 aliphatic rings. The Bertz CT molecular complexity index is 704. The van der Waals surface area contributed by atoms with E-state index >= 15 is 0 Å². The number of hydrogen-bond acceptors (Lipinski definition) is 3. The second kappa shape index (κ2) is 8.45. The summed E-state index contributed by atoms with van der Waals surface area (Å²) in [5.41, 5.74) is 3.29.